The Bertz CT molecular complexity index is 855. The molecule has 0 fully saturated rings. The third-order valence-electron chi connectivity index (χ3n) is 11.2. The number of unbranched alkanes of at least 4 members (excludes halogenated alkanes) is 31. The summed E-state index contributed by atoms with van der Waals surface area (Å²) >= 11 is 0. The highest BCUT2D eigenvalue weighted by atomic mass is 16.3. The van der Waals surface area contributed by atoms with Crippen LogP contribution in [-0.4, -0.2) is 46.1 Å². The van der Waals surface area contributed by atoms with E-state index >= 15 is 0 Å². The van der Waals surface area contributed by atoms with E-state index in [1.165, 1.54) is 186 Å². The molecule has 0 rings (SSSR count). The Balaban J connectivity index is 3.58. The number of nitrogens with one attached hydrogen (secondary N) is 1. The molecule has 0 spiro atoms. The summed E-state index contributed by atoms with van der Waals surface area (Å²) in [5, 5.41) is 33.2. The van der Waals surface area contributed by atoms with Gasteiger partial charge in [-0.1, -0.05) is 237 Å². The summed E-state index contributed by atoms with van der Waals surface area (Å²) < 4.78 is 0. The van der Waals surface area contributed by atoms with Gasteiger partial charge < -0.3 is 20.6 Å². The van der Waals surface area contributed by atoms with Gasteiger partial charge in [0.15, 0.2) is 0 Å². The van der Waals surface area contributed by atoms with Crippen LogP contribution in [0.5, 0.6) is 0 Å². The minimum atomic E-state index is -0.957. The van der Waals surface area contributed by atoms with Crippen LogP contribution < -0.4 is 5.32 Å². The summed E-state index contributed by atoms with van der Waals surface area (Å²) in [7, 11) is 0. The molecule has 55 heavy (non-hydrogen) atoms. The first-order chi connectivity index (χ1) is 27.0. The Hall–Kier alpha value is -1.43. The molecule has 0 aromatic rings. The van der Waals surface area contributed by atoms with Crippen molar-refractivity contribution in [2.24, 2.45) is 0 Å². The minimum Gasteiger partial charge on any atom is -0.394 e. The van der Waals surface area contributed by atoms with Crippen LogP contribution in [0.3, 0.4) is 0 Å². The van der Waals surface area contributed by atoms with Crippen molar-refractivity contribution < 1.29 is 20.1 Å². The third-order valence-corrected chi connectivity index (χ3v) is 11.2. The van der Waals surface area contributed by atoms with Crippen LogP contribution in [0, 0.1) is 0 Å². The molecule has 0 saturated carbocycles. The second-order valence-corrected chi connectivity index (χ2v) is 16.7. The molecule has 0 aromatic heterocycles. The highest BCUT2D eigenvalue weighted by molar-refractivity contribution is 5.76. The van der Waals surface area contributed by atoms with Gasteiger partial charge in [-0.25, -0.2) is 0 Å². The number of aliphatic hydroxyl groups is 3. The molecule has 4 N–H and O–H groups in total. The summed E-state index contributed by atoms with van der Waals surface area (Å²) in [6.07, 6.45) is 57.4. The molecule has 0 radical (unpaired) electrons. The number of hydrogen-bond donors (Lipinski definition) is 4. The zero-order chi connectivity index (χ0) is 40.1. The van der Waals surface area contributed by atoms with Crippen LogP contribution in [0.15, 0.2) is 36.5 Å². The average molecular weight is 774 g/mol. The predicted octanol–water partition coefficient (Wildman–Crippen LogP) is 14.3. The number of carbonyl (C=O) groups excluding carboxylic acids is 1. The lowest BCUT2D eigenvalue weighted by Gasteiger charge is -2.21. The molecule has 3 unspecified atom stereocenters. The zero-order valence-electron chi connectivity index (χ0n) is 36.8. The van der Waals surface area contributed by atoms with Gasteiger partial charge in [-0.15, -0.1) is 0 Å². The van der Waals surface area contributed by atoms with E-state index in [1.807, 2.05) is 6.08 Å². The van der Waals surface area contributed by atoms with Gasteiger partial charge >= 0.3 is 0 Å². The molecular weight excluding hydrogens is 679 g/mol. The van der Waals surface area contributed by atoms with Gasteiger partial charge in [-0.3, -0.25) is 4.79 Å². The Morgan fingerprint density at radius 1 is 0.455 bits per heavy atom. The number of carbonyl (C=O) groups is 1. The number of hydrogen-bond acceptors (Lipinski definition) is 4. The predicted molar refractivity (Wildman–Crippen MR) is 241 cm³/mol. The quantitative estimate of drug-likeness (QED) is 0.0367. The topological polar surface area (TPSA) is 89.8 Å². The van der Waals surface area contributed by atoms with Crippen molar-refractivity contribution in [2.45, 2.75) is 270 Å². The van der Waals surface area contributed by atoms with Crippen molar-refractivity contribution in [3.05, 3.63) is 36.5 Å². The van der Waals surface area contributed by atoms with E-state index in [2.05, 4.69) is 43.5 Å². The van der Waals surface area contributed by atoms with E-state index in [0.717, 1.165) is 38.5 Å². The summed E-state index contributed by atoms with van der Waals surface area (Å²) in [6, 6.07) is -0.765. The third kappa shape index (κ3) is 42.0. The minimum absolute atomic E-state index is 0.00517. The van der Waals surface area contributed by atoms with Crippen molar-refractivity contribution >= 4 is 5.91 Å². The molecule has 5 nitrogen and oxygen atoms in total. The number of rotatable bonds is 44. The van der Waals surface area contributed by atoms with E-state index in [-0.39, 0.29) is 18.9 Å². The van der Waals surface area contributed by atoms with Gasteiger partial charge in [0, 0.05) is 0 Å². The van der Waals surface area contributed by atoms with Gasteiger partial charge in [-0.05, 0) is 44.9 Å². The van der Waals surface area contributed by atoms with Crippen molar-refractivity contribution in [3.8, 4) is 0 Å². The zero-order valence-corrected chi connectivity index (χ0v) is 36.8. The molecule has 0 heterocycles. The molecule has 1 amide bonds. The van der Waals surface area contributed by atoms with Gasteiger partial charge in [0.1, 0.15) is 0 Å². The molecule has 3 atom stereocenters. The molecule has 0 bridgehead atoms. The first-order valence-corrected chi connectivity index (χ1v) is 24.3. The van der Waals surface area contributed by atoms with Crippen LogP contribution in [0.25, 0.3) is 0 Å². The maximum absolute atomic E-state index is 12.4. The summed E-state index contributed by atoms with van der Waals surface area (Å²) in [5.41, 5.74) is 0. The highest BCUT2D eigenvalue weighted by Crippen LogP contribution is 2.17. The molecule has 0 aromatic carbocycles. The number of amides is 1. The fraction of sp³-hybridized carbons (Fsp3) is 0.860. The second kappa shape index (κ2) is 45.3. The molecule has 5 heteroatoms. The Kier molecular flexibility index (Phi) is 44.1. The molecule has 324 valence electrons. The van der Waals surface area contributed by atoms with Crippen molar-refractivity contribution in [1.29, 1.82) is 0 Å². The number of aliphatic hydroxyl groups excluding tert-OH is 3. The Morgan fingerprint density at radius 3 is 1.16 bits per heavy atom. The van der Waals surface area contributed by atoms with Crippen molar-refractivity contribution in [1.82, 2.24) is 5.32 Å². The molecule has 0 aliphatic rings. The van der Waals surface area contributed by atoms with Gasteiger partial charge in [0.25, 0.3) is 0 Å². The highest BCUT2D eigenvalue weighted by Gasteiger charge is 2.20. The lowest BCUT2D eigenvalue weighted by atomic mass is 10.0. The Labute approximate surface area is 343 Å². The van der Waals surface area contributed by atoms with Crippen molar-refractivity contribution in [3.63, 3.8) is 0 Å². The monoisotopic (exact) mass is 774 g/mol. The summed E-state index contributed by atoms with van der Waals surface area (Å²) in [4.78, 5) is 12.4. The van der Waals surface area contributed by atoms with Crippen LogP contribution in [-0.2, 0) is 4.79 Å². The van der Waals surface area contributed by atoms with Crippen LogP contribution in [0.4, 0.5) is 0 Å². The van der Waals surface area contributed by atoms with Gasteiger partial charge in [0.05, 0.1) is 31.3 Å². The van der Waals surface area contributed by atoms with E-state index in [1.54, 1.807) is 6.08 Å². The van der Waals surface area contributed by atoms with Gasteiger partial charge in [-0.2, -0.15) is 0 Å². The fourth-order valence-electron chi connectivity index (χ4n) is 7.43. The largest absolute Gasteiger partial charge is 0.394 e. The molecule has 0 aliphatic carbocycles. The van der Waals surface area contributed by atoms with E-state index in [4.69, 9.17) is 0 Å². The molecule has 0 aliphatic heterocycles. The lowest BCUT2D eigenvalue weighted by Crippen LogP contribution is -2.45. The summed E-state index contributed by atoms with van der Waals surface area (Å²) in [6.45, 7) is 4.19. The second-order valence-electron chi connectivity index (χ2n) is 16.7. The first-order valence-electron chi connectivity index (χ1n) is 24.3. The average Bonchev–Trinajstić information content (AvgIpc) is 3.18. The van der Waals surface area contributed by atoms with Gasteiger partial charge in [0.2, 0.25) is 5.91 Å². The first kappa shape index (κ1) is 53.6. The van der Waals surface area contributed by atoms with E-state index in [0.29, 0.717) is 6.42 Å². The number of allylic oxidation sites excluding steroid dienone is 5. The Morgan fingerprint density at radius 2 is 0.782 bits per heavy atom. The smallest absolute Gasteiger partial charge is 0.222 e. The molecular formula is C50H95NO4. The van der Waals surface area contributed by atoms with E-state index < -0.39 is 18.2 Å². The maximum atomic E-state index is 12.4. The van der Waals surface area contributed by atoms with Crippen LogP contribution >= 0.6 is 0 Å². The van der Waals surface area contributed by atoms with E-state index in [9.17, 15) is 20.1 Å². The standard InChI is InChI=1S/C50H95NO4/c1-3-5-7-9-11-13-15-17-19-20-21-22-23-24-25-26-27-28-29-30-31-33-35-37-39-41-43-47(53)45-50(55)51-48(46-52)49(54)44-42-40-38-36-34-32-18-16-14-12-10-8-6-4-2/h14,16,34,36,42,44,47-49,52-54H,3-13,15,17-33,35,37-41,43,45-46H2,1-2H3,(H,51,55)/b16-14+,36-34+,44-42+. The normalized spacial score (nSPS) is 13.8. The van der Waals surface area contributed by atoms with Crippen LogP contribution in [0.1, 0.15) is 251 Å². The molecule has 0 saturated heterocycles. The van der Waals surface area contributed by atoms with Crippen molar-refractivity contribution in [2.75, 3.05) is 6.61 Å². The van der Waals surface area contributed by atoms with Crippen LogP contribution in [0.2, 0.25) is 0 Å². The maximum Gasteiger partial charge on any atom is 0.222 e. The SMILES string of the molecule is CCCCCC/C=C/CC/C=C/CC/C=C/C(O)C(CO)NC(=O)CC(O)CCCCCCCCCCCCCCCCCCCCCCCCCCCC. The lowest BCUT2D eigenvalue weighted by molar-refractivity contribution is -0.124. The summed E-state index contributed by atoms with van der Waals surface area (Å²) in [5.74, 6) is -0.327. The fourth-order valence-corrected chi connectivity index (χ4v) is 7.43.